The molecule has 0 atom stereocenters. The van der Waals surface area contributed by atoms with E-state index in [0.717, 1.165) is 16.4 Å². The number of hydrogen-bond acceptors (Lipinski definition) is 5. The summed E-state index contributed by atoms with van der Waals surface area (Å²) in [5.74, 6) is -1.49. The number of para-hydroxylation sites is 1. The molecule has 0 aliphatic heterocycles. The molecule has 3 aromatic carbocycles. The molecule has 0 bridgehead atoms. The smallest absolute Gasteiger partial charge is 0.315 e. The fourth-order valence-corrected chi connectivity index (χ4v) is 2.97. The highest BCUT2D eigenvalue weighted by atomic mass is 16.5. The lowest BCUT2D eigenvalue weighted by Gasteiger charge is -2.10. The monoisotopic (exact) mass is 345 g/mol. The number of esters is 1. The minimum Gasteiger partial charge on any atom is -0.545 e. The Labute approximate surface area is 148 Å². The van der Waals surface area contributed by atoms with Crippen LogP contribution in [0.1, 0.15) is 15.9 Å². The normalized spacial score (nSPS) is 10.9. The summed E-state index contributed by atoms with van der Waals surface area (Å²) >= 11 is 0. The largest absolute Gasteiger partial charge is 0.545 e. The summed E-state index contributed by atoms with van der Waals surface area (Å²) < 4.78 is 11.1. The van der Waals surface area contributed by atoms with Crippen LogP contribution >= 0.6 is 0 Å². The number of aromatic carboxylic acids is 1. The molecule has 1 heterocycles. The standard InChI is InChI=1S/C21H14O5/c22-20(11-13-5-1-2-6-15(13)21(23)24)25-14-9-10-19-17(12-14)16-7-3-4-8-18(16)26-19/h1-10,12H,11H2,(H,23,24)/p-1. The molecule has 0 aliphatic rings. The lowest BCUT2D eigenvalue weighted by molar-refractivity contribution is -0.255. The van der Waals surface area contributed by atoms with E-state index in [2.05, 4.69) is 0 Å². The third-order valence-electron chi connectivity index (χ3n) is 4.15. The van der Waals surface area contributed by atoms with Crippen LogP contribution in [0.5, 0.6) is 5.75 Å². The van der Waals surface area contributed by atoms with Gasteiger partial charge < -0.3 is 19.1 Å². The second-order valence-corrected chi connectivity index (χ2v) is 5.85. The fraction of sp³-hybridized carbons (Fsp3) is 0.0476. The van der Waals surface area contributed by atoms with Gasteiger partial charge in [0.15, 0.2) is 0 Å². The molecule has 0 fully saturated rings. The maximum atomic E-state index is 12.2. The van der Waals surface area contributed by atoms with E-state index in [4.69, 9.17) is 9.15 Å². The predicted molar refractivity (Wildman–Crippen MR) is 93.8 cm³/mol. The van der Waals surface area contributed by atoms with Crippen LogP contribution in [0.4, 0.5) is 0 Å². The van der Waals surface area contributed by atoms with Gasteiger partial charge >= 0.3 is 5.97 Å². The molecule has 1 aromatic heterocycles. The summed E-state index contributed by atoms with van der Waals surface area (Å²) in [4.78, 5) is 23.4. The first-order valence-electron chi connectivity index (χ1n) is 8.03. The van der Waals surface area contributed by atoms with Crippen molar-refractivity contribution >= 4 is 33.9 Å². The predicted octanol–water partition coefficient (Wildman–Crippen LogP) is 3.10. The van der Waals surface area contributed by atoms with Crippen LogP contribution in [0, 0.1) is 0 Å². The summed E-state index contributed by atoms with van der Waals surface area (Å²) in [7, 11) is 0. The number of carboxylic acid groups (broad SMARTS) is 1. The lowest BCUT2D eigenvalue weighted by atomic mass is 10.1. The van der Waals surface area contributed by atoms with Crippen LogP contribution in [0.2, 0.25) is 0 Å². The fourth-order valence-electron chi connectivity index (χ4n) is 2.97. The quantitative estimate of drug-likeness (QED) is 0.419. The van der Waals surface area contributed by atoms with E-state index >= 15 is 0 Å². The Balaban J connectivity index is 1.60. The lowest BCUT2D eigenvalue weighted by Crippen LogP contribution is -2.25. The van der Waals surface area contributed by atoms with E-state index in [1.165, 1.54) is 6.07 Å². The zero-order valence-corrected chi connectivity index (χ0v) is 13.6. The first-order chi connectivity index (χ1) is 12.6. The molecular formula is C21H13O5-. The van der Waals surface area contributed by atoms with Crippen molar-refractivity contribution in [1.29, 1.82) is 0 Å². The molecule has 26 heavy (non-hydrogen) atoms. The highest BCUT2D eigenvalue weighted by Gasteiger charge is 2.12. The molecule has 0 saturated carbocycles. The van der Waals surface area contributed by atoms with Gasteiger partial charge in [-0.15, -0.1) is 0 Å². The number of rotatable bonds is 4. The summed E-state index contributed by atoms with van der Waals surface area (Å²) in [5.41, 5.74) is 1.80. The van der Waals surface area contributed by atoms with Gasteiger partial charge in [0.2, 0.25) is 0 Å². The van der Waals surface area contributed by atoms with E-state index < -0.39 is 11.9 Å². The van der Waals surface area contributed by atoms with Gasteiger partial charge in [0.05, 0.1) is 12.4 Å². The second-order valence-electron chi connectivity index (χ2n) is 5.85. The summed E-state index contributed by atoms with van der Waals surface area (Å²) in [6.45, 7) is 0. The SMILES string of the molecule is O=C(Cc1ccccc1C(=O)[O-])Oc1ccc2oc3ccccc3c2c1. The van der Waals surface area contributed by atoms with Crippen LogP contribution < -0.4 is 9.84 Å². The molecule has 0 unspecified atom stereocenters. The summed E-state index contributed by atoms with van der Waals surface area (Å²) in [6, 6.07) is 19.0. The van der Waals surface area contributed by atoms with Crippen molar-refractivity contribution in [1.82, 2.24) is 0 Å². The van der Waals surface area contributed by atoms with Crippen LogP contribution in [0.25, 0.3) is 21.9 Å². The Kier molecular flexibility index (Phi) is 3.89. The van der Waals surface area contributed by atoms with Crippen molar-refractivity contribution in [2.45, 2.75) is 6.42 Å². The molecule has 0 saturated heterocycles. The van der Waals surface area contributed by atoms with Gasteiger partial charge in [-0.05, 0) is 29.8 Å². The first-order valence-corrected chi connectivity index (χ1v) is 8.03. The van der Waals surface area contributed by atoms with Crippen molar-refractivity contribution in [3.8, 4) is 5.75 Å². The summed E-state index contributed by atoms with van der Waals surface area (Å²) in [5, 5.41) is 12.9. The molecule has 0 radical (unpaired) electrons. The van der Waals surface area contributed by atoms with Gasteiger partial charge in [0.25, 0.3) is 0 Å². The maximum absolute atomic E-state index is 12.2. The Bertz CT molecular complexity index is 1140. The van der Waals surface area contributed by atoms with E-state index in [0.29, 0.717) is 16.9 Å². The number of carbonyl (C=O) groups excluding carboxylic acids is 2. The van der Waals surface area contributed by atoms with Gasteiger partial charge in [0, 0.05) is 16.3 Å². The molecule has 5 nitrogen and oxygen atoms in total. The molecule has 5 heteroatoms. The summed E-state index contributed by atoms with van der Waals surface area (Å²) in [6.07, 6.45) is -0.158. The van der Waals surface area contributed by atoms with E-state index in [1.54, 1.807) is 36.4 Å². The van der Waals surface area contributed by atoms with Crippen molar-refractivity contribution < 1.29 is 23.8 Å². The third-order valence-corrected chi connectivity index (χ3v) is 4.15. The Morgan fingerprint density at radius 1 is 0.885 bits per heavy atom. The molecule has 128 valence electrons. The Hall–Kier alpha value is -3.60. The molecule has 0 spiro atoms. The van der Waals surface area contributed by atoms with Crippen molar-refractivity contribution in [3.05, 3.63) is 77.9 Å². The first kappa shape index (κ1) is 15.9. The molecule has 4 rings (SSSR count). The third kappa shape index (κ3) is 2.91. The zero-order valence-electron chi connectivity index (χ0n) is 13.6. The number of ether oxygens (including phenoxy) is 1. The minimum absolute atomic E-state index is 0.0132. The topological polar surface area (TPSA) is 79.6 Å². The average molecular weight is 345 g/mol. The molecule has 0 aliphatic carbocycles. The zero-order chi connectivity index (χ0) is 18.1. The van der Waals surface area contributed by atoms with Crippen LogP contribution in [-0.2, 0) is 11.2 Å². The number of carboxylic acids is 1. The molecule has 0 amide bonds. The number of hydrogen-bond donors (Lipinski definition) is 0. The van der Waals surface area contributed by atoms with E-state index in [-0.39, 0.29) is 12.0 Å². The molecule has 4 aromatic rings. The van der Waals surface area contributed by atoms with E-state index in [9.17, 15) is 14.7 Å². The van der Waals surface area contributed by atoms with Gasteiger partial charge in [-0.25, -0.2) is 0 Å². The number of benzene rings is 3. The van der Waals surface area contributed by atoms with Gasteiger partial charge in [-0.1, -0.05) is 42.5 Å². The average Bonchev–Trinajstić information content (AvgIpc) is 3.00. The number of carbonyl (C=O) groups is 2. The second kappa shape index (κ2) is 6.37. The van der Waals surface area contributed by atoms with E-state index in [1.807, 2.05) is 24.3 Å². The van der Waals surface area contributed by atoms with Gasteiger partial charge in [-0.2, -0.15) is 0 Å². The van der Waals surface area contributed by atoms with Gasteiger partial charge in [-0.3, -0.25) is 4.79 Å². The highest BCUT2D eigenvalue weighted by Crippen LogP contribution is 2.31. The highest BCUT2D eigenvalue weighted by molar-refractivity contribution is 6.05. The van der Waals surface area contributed by atoms with Crippen molar-refractivity contribution in [2.24, 2.45) is 0 Å². The number of fused-ring (bicyclic) bond motifs is 3. The van der Waals surface area contributed by atoms with Crippen LogP contribution in [0.15, 0.2) is 71.1 Å². The van der Waals surface area contributed by atoms with Crippen LogP contribution in [-0.4, -0.2) is 11.9 Å². The van der Waals surface area contributed by atoms with Crippen LogP contribution in [0.3, 0.4) is 0 Å². The molecule has 0 N–H and O–H groups in total. The maximum Gasteiger partial charge on any atom is 0.315 e. The minimum atomic E-state index is -1.32. The Morgan fingerprint density at radius 3 is 2.46 bits per heavy atom. The Morgan fingerprint density at radius 2 is 1.62 bits per heavy atom. The van der Waals surface area contributed by atoms with Gasteiger partial charge in [0.1, 0.15) is 16.9 Å². The molecular weight excluding hydrogens is 332 g/mol. The number of furan rings is 1. The van der Waals surface area contributed by atoms with Crippen molar-refractivity contribution in [3.63, 3.8) is 0 Å². The van der Waals surface area contributed by atoms with Crippen molar-refractivity contribution in [2.75, 3.05) is 0 Å².